The number of ether oxygens (including phenoxy) is 1. The average molecular weight is 276 g/mol. The van der Waals surface area contributed by atoms with Crippen molar-refractivity contribution in [2.24, 2.45) is 0 Å². The van der Waals surface area contributed by atoms with Crippen molar-refractivity contribution in [3.63, 3.8) is 0 Å². The highest BCUT2D eigenvalue weighted by Gasteiger charge is 2.09. The number of nitrogens with zero attached hydrogens (tertiary/aromatic N) is 1. The molecule has 0 radical (unpaired) electrons. The molecule has 0 fully saturated rings. The van der Waals surface area contributed by atoms with E-state index in [1.54, 1.807) is 30.6 Å². The molecule has 0 unspecified atom stereocenters. The maximum Gasteiger partial charge on any atom is 0.251 e. The summed E-state index contributed by atoms with van der Waals surface area (Å²) in [5.74, 6) is 0.601. The fourth-order valence-electron chi connectivity index (χ4n) is 1.70. The first-order chi connectivity index (χ1) is 9.10. The van der Waals surface area contributed by atoms with Crippen LogP contribution in [0.1, 0.15) is 26.6 Å². The molecular formula is C14H16N2O2S. The zero-order valence-electron chi connectivity index (χ0n) is 11.2. The molecule has 0 spiro atoms. The monoisotopic (exact) mass is 276 g/mol. The SMILES string of the molecule is COc1cc(C(=O)NCc2nc(C)cs2)ccc1C. The van der Waals surface area contributed by atoms with Crippen LogP contribution in [0.3, 0.4) is 0 Å². The summed E-state index contributed by atoms with van der Waals surface area (Å²) in [6.45, 7) is 4.33. The van der Waals surface area contributed by atoms with Gasteiger partial charge in [-0.15, -0.1) is 11.3 Å². The summed E-state index contributed by atoms with van der Waals surface area (Å²) in [5.41, 5.74) is 2.58. The number of aryl methyl sites for hydroxylation is 2. The summed E-state index contributed by atoms with van der Waals surface area (Å²) in [6.07, 6.45) is 0. The summed E-state index contributed by atoms with van der Waals surface area (Å²) in [6, 6.07) is 5.42. The van der Waals surface area contributed by atoms with Gasteiger partial charge in [0.25, 0.3) is 5.91 Å². The van der Waals surface area contributed by atoms with Crippen LogP contribution in [0.25, 0.3) is 0 Å². The highest BCUT2D eigenvalue weighted by Crippen LogP contribution is 2.19. The van der Waals surface area contributed by atoms with E-state index in [9.17, 15) is 4.79 Å². The van der Waals surface area contributed by atoms with E-state index in [2.05, 4.69) is 10.3 Å². The van der Waals surface area contributed by atoms with E-state index >= 15 is 0 Å². The molecule has 0 aliphatic heterocycles. The number of carbonyl (C=O) groups is 1. The number of rotatable bonds is 4. The van der Waals surface area contributed by atoms with Gasteiger partial charge in [-0.25, -0.2) is 4.98 Å². The Morgan fingerprint density at radius 3 is 2.84 bits per heavy atom. The van der Waals surface area contributed by atoms with Crippen LogP contribution in [0.5, 0.6) is 5.75 Å². The molecule has 0 aliphatic rings. The van der Waals surface area contributed by atoms with Crippen LogP contribution < -0.4 is 10.1 Å². The Labute approximate surface area is 116 Å². The van der Waals surface area contributed by atoms with Crippen molar-refractivity contribution >= 4 is 17.2 Å². The van der Waals surface area contributed by atoms with E-state index in [1.807, 2.05) is 25.3 Å². The molecule has 4 nitrogen and oxygen atoms in total. The van der Waals surface area contributed by atoms with Crippen molar-refractivity contribution in [2.75, 3.05) is 7.11 Å². The first-order valence-electron chi connectivity index (χ1n) is 5.94. The van der Waals surface area contributed by atoms with E-state index in [-0.39, 0.29) is 5.91 Å². The van der Waals surface area contributed by atoms with Gasteiger partial charge in [0.15, 0.2) is 0 Å². The van der Waals surface area contributed by atoms with E-state index < -0.39 is 0 Å². The molecular weight excluding hydrogens is 260 g/mol. The minimum Gasteiger partial charge on any atom is -0.496 e. The van der Waals surface area contributed by atoms with Crippen LogP contribution in [-0.2, 0) is 6.54 Å². The quantitative estimate of drug-likeness (QED) is 0.934. The van der Waals surface area contributed by atoms with Crippen LogP contribution >= 0.6 is 11.3 Å². The highest BCUT2D eigenvalue weighted by atomic mass is 32.1. The Morgan fingerprint density at radius 1 is 1.42 bits per heavy atom. The number of nitrogens with one attached hydrogen (secondary N) is 1. The van der Waals surface area contributed by atoms with E-state index in [4.69, 9.17) is 4.74 Å². The van der Waals surface area contributed by atoms with Gasteiger partial charge in [0.05, 0.1) is 13.7 Å². The molecule has 19 heavy (non-hydrogen) atoms. The zero-order valence-corrected chi connectivity index (χ0v) is 12.0. The molecule has 5 heteroatoms. The predicted octanol–water partition coefficient (Wildman–Crippen LogP) is 2.70. The maximum absolute atomic E-state index is 12.0. The van der Waals surface area contributed by atoms with Gasteiger partial charge in [-0.3, -0.25) is 4.79 Å². The topological polar surface area (TPSA) is 51.2 Å². The van der Waals surface area contributed by atoms with Crippen molar-refractivity contribution in [3.05, 3.63) is 45.4 Å². The average Bonchev–Trinajstić information content (AvgIpc) is 2.82. The Bertz CT molecular complexity index is 593. The molecule has 1 heterocycles. The summed E-state index contributed by atoms with van der Waals surface area (Å²) in [4.78, 5) is 16.3. The number of methoxy groups -OCH3 is 1. The molecule has 1 N–H and O–H groups in total. The lowest BCUT2D eigenvalue weighted by molar-refractivity contribution is 0.0950. The zero-order chi connectivity index (χ0) is 13.8. The molecule has 1 aromatic heterocycles. The van der Waals surface area contributed by atoms with Gasteiger partial charge in [0.1, 0.15) is 10.8 Å². The number of benzene rings is 1. The predicted molar refractivity (Wildman–Crippen MR) is 75.8 cm³/mol. The standard InChI is InChI=1S/C14H16N2O2S/c1-9-4-5-11(6-12(9)18-3)14(17)15-7-13-16-10(2)8-19-13/h4-6,8H,7H2,1-3H3,(H,15,17). The number of aromatic nitrogens is 1. The molecule has 2 aromatic rings. The third-order valence-corrected chi connectivity index (χ3v) is 3.70. The fourth-order valence-corrected chi connectivity index (χ4v) is 2.41. The molecule has 0 saturated heterocycles. The Hall–Kier alpha value is -1.88. The summed E-state index contributed by atoms with van der Waals surface area (Å²) >= 11 is 1.55. The van der Waals surface area contributed by atoms with Crippen molar-refractivity contribution in [2.45, 2.75) is 20.4 Å². The van der Waals surface area contributed by atoms with Crippen molar-refractivity contribution in [3.8, 4) is 5.75 Å². The van der Waals surface area contributed by atoms with Gasteiger partial charge in [-0.2, -0.15) is 0 Å². The molecule has 0 aliphatic carbocycles. The highest BCUT2D eigenvalue weighted by molar-refractivity contribution is 7.09. The summed E-state index contributed by atoms with van der Waals surface area (Å²) < 4.78 is 5.21. The molecule has 0 saturated carbocycles. The summed E-state index contributed by atoms with van der Waals surface area (Å²) in [5, 5.41) is 5.73. The normalized spacial score (nSPS) is 10.3. The minimum atomic E-state index is -0.119. The molecule has 100 valence electrons. The Balaban J connectivity index is 2.03. The van der Waals surface area contributed by atoms with Crippen LogP contribution in [0, 0.1) is 13.8 Å². The molecule has 1 amide bonds. The number of carbonyl (C=O) groups excluding carboxylic acids is 1. The molecule has 0 bridgehead atoms. The third-order valence-electron chi connectivity index (χ3n) is 2.74. The fraction of sp³-hybridized carbons (Fsp3) is 0.286. The molecule has 1 aromatic carbocycles. The smallest absolute Gasteiger partial charge is 0.251 e. The number of thiazole rings is 1. The van der Waals surface area contributed by atoms with Gasteiger partial charge in [-0.05, 0) is 31.5 Å². The van der Waals surface area contributed by atoms with Crippen molar-refractivity contribution in [1.82, 2.24) is 10.3 Å². The first-order valence-corrected chi connectivity index (χ1v) is 6.82. The Kier molecular flexibility index (Phi) is 4.16. The Morgan fingerprint density at radius 2 is 2.21 bits per heavy atom. The van der Waals surface area contributed by atoms with Gasteiger partial charge in [-0.1, -0.05) is 6.07 Å². The second-order valence-electron chi connectivity index (χ2n) is 4.25. The van der Waals surface area contributed by atoms with Gasteiger partial charge < -0.3 is 10.1 Å². The molecule has 0 atom stereocenters. The first kappa shape index (κ1) is 13.5. The van der Waals surface area contributed by atoms with Crippen molar-refractivity contribution in [1.29, 1.82) is 0 Å². The van der Waals surface area contributed by atoms with E-state index in [0.717, 1.165) is 22.0 Å². The third kappa shape index (κ3) is 3.32. The summed E-state index contributed by atoms with van der Waals surface area (Å²) in [7, 11) is 1.60. The van der Waals surface area contributed by atoms with Crippen LogP contribution in [0.15, 0.2) is 23.6 Å². The second kappa shape index (κ2) is 5.84. The van der Waals surface area contributed by atoms with Gasteiger partial charge in [0, 0.05) is 16.6 Å². The van der Waals surface area contributed by atoms with Gasteiger partial charge in [0.2, 0.25) is 0 Å². The van der Waals surface area contributed by atoms with Crippen LogP contribution in [0.2, 0.25) is 0 Å². The lowest BCUT2D eigenvalue weighted by atomic mass is 10.1. The number of amides is 1. The maximum atomic E-state index is 12.0. The minimum absolute atomic E-state index is 0.119. The number of hydrogen-bond donors (Lipinski definition) is 1. The lowest BCUT2D eigenvalue weighted by Crippen LogP contribution is -2.22. The van der Waals surface area contributed by atoms with Crippen LogP contribution in [0.4, 0.5) is 0 Å². The molecule has 2 rings (SSSR count). The van der Waals surface area contributed by atoms with E-state index in [1.165, 1.54) is 0 Å². The van der Waals surface area contributed by atoms with Crippen LogP contribution in [-0.4, -0.2) is 18.0 Å². The largest absolute Gasteiger partial charge is 0.496 e. The van der Waals surface area contributed by atoms with Gasteiger partial charge >= 0.3 is 0 Å². The van der Waals surface area contributed by atoms with Crippen molar-refractivity contribution < 1.29 is 9.53 Å². The second-order valence-corrected chi connectivity index (χ2v) is 5.19. The number of hydrogen-bond acceptors (Lipinski definition) is 4. The lowest BCUT2D eigenvalue weighted by Gasteiger charge is -2.07. The van der Waals surface area contributed by atoms with E-state index in [0.29, 0.717) is 12.1 Å².